The number of methoxy groups -OCH3 is 3. The third kappa shape index (κ3) is 5.14. The minimum absolute atomic E-state index is 0.124. The molecule has 8 nitrogen and oxygen atoms in total. The van der Waals surface area contributed by atoms with Gasteiger partial charge in [0, 0.05) is 12.7 Å². The number of ether oxygens (including phenoxy) is 3. The molecule has 0 saturated carbocycles. The van der Waals surface area contributed by atoms with E-state index in [0.717, 1.165) is 5.56 Å². The van der Waals surface area contributed by atoms with Crippen molar-refractivity contribution >= 4 is 21.5 Å². The Morgan fingerprint density at radius 2 is 1.61 bits per heavy atom. The highest BCUT2D eigenvalue weighted by atomic mass is 32.2. The standard InChI is InChI=1S/C24H29N3O5S/c1-6-27(19-10-8-7-9-11-19)33(28,29)20-12-13-23(25-16-20)26-17(2)18-14-21(30-3)24(32-5)22(15-18)31-4/h7-17H,6H2,1-5H3,(H,25,26). The second kappa shape index (κ2) is 10.4. The molecule has 2 aromatic carbocycles. The van der Waals surface area contributed by atoms with Gasteiger partial charge in [0.1, 0.15) is 10.7 Å². The van der Waals surface area contributed by atoms with E-state index in [2.05, 4.69) is 10.3 Å². The minimum Gasteiger partial charge on any atom is -0.493 e. The summed E-state index contributed by atoms with van der Waals surface area (Å²) in [6.45, 7) is 4.07. The van der Waals surface area contributed by atoms with Crippen molar-refractivity contribution in [2.24, 2.45) is 0 Å². The molecular weight excluding hydrogens is 442 g/mol. The number of aromatic nitrogens is 1. The molecule has 0 aliphatic rings. The van der Waals surface area contributed by atoms with Gasteiger partial charge in [-0.3, -0.25) is 4.31 Å². The van der Waals surface area contributed by atoms with Crippen molar-refractivity contribution in [2.45, 2.75) is 24.8 Å². The van der Waals surface area contributed by atoms with Crippen LogP contribution in [-0.4, -0.2) is 41.3 Å². The summed E-state index contributed by atoms with van der Waals surface area (Å²) in [6.07, 6.45) is 1.37. The van der Waals surface area contributed by atoms with Crippen LogP contribution in [0.2, 0.25) is 0 Å². The Hall–Kier alpha value is -3.46. The third-order valence-corrected chi connectivity index (χ3v) is 7.09. The number of pyridine rings is 1. The SMILES string of the molecule is CCN(c1ccccc1)S(=O)(=O)c1ccc(NC(C)c2cc(OC)c(OC)c(OC)c2)nc1. The molecule has 0 spiro atoms. The molecule has 1 heterocycles. The first-order valence-corrected chi connectivity index (χ1v) is 11.9. The van der Waals surface area contributed by atoms with E-state index in [1.54, 1.807) is 52.5 Å². The molecule has 1 unspecified atom stereocenters. The van der Waals surface area contributed by atoms with Crippen LogP contribution in [-0.2, 0) is 10.0 Å². The number of hydrogen-bond donors (Lipinski definition) is 1. The lowest BCUT2D eigenvalue weighted by atomic mass is 10.1. The fourth-order valence-corrected chi connectivity index (χ4v) is 4.91. The van der Waals surface area contributed by atoms with Crippen LogP contribution < -0.4 is 23.8 Å². The van der Waals surface area contributed by atoms with Crippen LogP contribution in [0.3, 0.4) is 0 Å². The molecule has 176 valence electrons. The molecule has 1 N–H and O–H groups in total. The van der Waals surface area contributed by atoms with E-state index in [1.807, 2.05) is 37.3 Å². The number of hydrogen-bond acceptors (Lipinski definition) is 7. The molecule has 0 aliphatic carbocycles. The lowest BCUT2D eigenvalue weighted by Crippen LogP contribution is -2.30. The molecule has 1 atom stereocenters. The molecule has 3 rings (SSSR count). The second-order valence-electron chi connectivity index (χ2n) is 7.21. The number of anilines is 2. The van der Waals surface area contributed by atoms with E-state index in [-0.39, 0.29) is 10.9 Å². The highest BCUT2D eigenvalue weighted by Crippen LogP contribution is 2.40. The van der Waals surface area contributed by atoms with Gasteiger partial charge >= 0.3 is 0 Å². The van der Waals surface area contributed by atoms with E-state index >= 15 is 0 Å². The van der Waals surface area contributed by atoms with E-state index in [4.69, 9.17) is 14.2 Å². The molecule has 0 radical (unpaired) electrons. The summed E-state index contributed by atoms with van der Waals surface area (Å²) in [4.78, 5) is 4.46. The summed E-state index contributed by atoms with van der Waals surface area (Å²) in [7, 11) is 0.952. The Labute approximate surface area is 195 Å². The van der Waals surface area contributed by atoms with Crippen LogP contribution in [0.25, 0.3) is 0 Å². The highest BCUT2D eigenvalue weighted by Gasteiger charge is 2.24. The van der Waals surface area contributed by atoms with E-state index in [0.29, 0.717) is 35.3 Å². The van der Waals surface area contributed by atoms with Gasteiger partial charge in [-0.25, -0.2) is 13.4 Å². The molecule has 0 bridgehead atoms. The van der Waals surface area contributed by atoms with Crippen molar-refractivity contribution in [1.29, 1.82) is 0 Å². The van der Waals surface area contributed by atoms with Crippen molar-refractivity contribution in [1.82, 2.24) is 4.98 Å². The van der Waals surface area contributed by atoms with Crippen LogP contribution >= 0.6 is 0 Å². The lowest BCUT2D eigenvalue weighted by molar-refractivity contribution is 0.323. The Kier molecular flexibility index (Phi) is 7.65. The van der Waals surface area contributed by atoms with Crippen molar-refractivity contribution in [3.8, 4) is 17.2 Å². The zero-order valence-corrected chi connectivity index (χ0v) is 20.2. The Morgan fingerprint density at radius 1 is 0.970 bits per heavy atom. The van der Waals surface area contributed by atoms with Gasteiger partial charge in [-0.2, -0.15) is 0 Å². The fraction of sp³-hybridized carbons (Fsp3) is 0.292. The number of nitrogens with one attached hydrogen (secondary N) is 1. The van der Waals surface area contributed by atoms with E-state index in [1.165, 1.54) is 10.5 Å². The Morgan fingerprint density at radius 3 is 2.09 bits per heavy atom. The Balaban J connectivity index is 1.82. The van der Waals surface area contributed by atoms with Crippen molar-refractivity contribution in [2.75, 3.05) is 37.5 Å². The quantitative estimate of drug-likeness (QED) is 0.466. The number of para-hydroxylation sites is 1. The van der Waals surface area contributed by atoms with E-state index < -0.39 is 10.0 Å². The maximum absolute atomic E-state index is 13.1. The van der Waals surface area contributed by atoms with Crippen molar-refractivity contribution in [3.05, 3.63) is 66.4 Å². The van der Waals surface area contributed by atoms with Gasteiger partial charge in [-0.15, -0.1) is 0 Å². The maximum Gasteiger partial charge on any atom is 0.265 e. The summed E-state index contributed by atoms with van der Waals surface area (Å²) in [5.41, 5.74) is 1.50. The van der Waals surface area contributed by atoms with Crippen LogP contribution in [0, 0.1) is 0 Å². The number of benzene rings is 2. The molecule has 0 saturated heterocycles. The first kappa shape index (κ1) is 24.2. The van der Waals surface area contributed by atoms with Crippen LogP contribution in [0.4, 0.5) is 11.5 Å². The van der Waals surface area contributed by atoms with Crippen LogP contribution in [0.1, 0.15) is 25.5 Å². The van der Waals surface area contributed by atoms with Gasteiger partial charge in [-0.1, -0.05) is 18.2 Å². The minimum atomic E-state index is -3.73. The number of sulfonamides is 1. The summed E-state index contributed by atoms with van der Waals surface area (Å²) in [5.74, 6) is 2.16. The Bertz CT molecular complexity index is 1140. The van der Waals surface area contributed by atoms with Gasteiger partial charge < -0.3 is 19.5 Å². The highest BCUT2D eigenvalue weighted by molar-refractivity contribution is 7.92. The molecule has 33 heavy (non-hydrogen) atoms. The molecule has 1 aromatic heterocycles. The molecule has 3 aromatic rings. The molecular formula is C24H29N3O5S. The lowest BCUT2D eigenvalue weighted by Gasteiger charge is -2.23. The monoisotopic (exact) mass is 471 g/mol. The average molecular weight is 472 g/mol. The summed E-state index contributed by atoms with van der Waals surface area (Å²) >= 11 is 0. The number of rotatable bonds is 10. The molecule has 0 amide bonds. The smallest absolute Gasteiger partial charge is 0.265 e. The summed E-state index contributed by atoms with van der Waals surface area (Å²) in [5, 5.41) is 3.28. The number of nitrogens with zero attached hydrogens (tertiary/aromatic N) is 2. The van der Waals surface area contributed by atoms with Gasteiger partial charge in [-0.05, 0) is 55.8 Å². The topological polar surface area (TPSA) is 90.0 Å². The predicted octanol–water partition coefficient (Wildman–Crippen LogP) is 4.50. The predicted molar refractivity (Wildman–Crippen MR) is 129 cm³/mol. The maximum atomic E-state index is 13.1. The van der Waals surface area contributed by atoms with Crippen LogP contribution in [0.5, 0.6) is 17.2 Å². The van der Waals surface area contributed by atoms with E-state index in [9.17, 15) is 8.42 Å². The van der Waals surface area contributed by atoms with Crippen molar-refractivity contribution in [3.63, 3.8) is 0 Å². The van der Waals surface area contributed by atoms with Crippen molar-refractivity contribution < 1.29 is 22.6 Å². The fourth-order valence-electron chi connectivity index (χ4n) is 3.49. The molecule has 9 heteroatoms. The van der Waals surface area contributed by atoms with Gasteiger partial charge in [0.2, 0.25) is 5.75 Å². The third-order valence-electron chi connectivity index (χ3n) is 5.21. The molecule has 0 fully saturated rings. The normalized spacial score (nSPS) is 12.0. The zero-order valence-electron chi connectivity index (χ0n) is 19.4. The van der Waals surface area contributed by atoms with Gasteiger partial charge in [0.25, 0.3) is 10.0 Å². The summed E-state index contributed by atoms with van der Waals surface area (Å²) < 4.78 is 43.9. The first-order valence-electron chi connectivity index (χ1n) is 10.5. The second-order valence-corrected chi connectivity index (χ2v) is 9.07. The van der Waals surface area contributed by atoms with Gasteiger partial charge in [0.05, 0.1) is 33.1 Å². The molecule has 0 aliphatic heterocycles. The summed E-state index contributed by atoms with van der Waals surface area (Å²) in [6, 6.07) is 15.8. The van der Waals surface area contributed by atoms with Crippen LogP contribution in [0.15, 0.2) is 65.7 Å². The largest absolute Gasteiger partial charge is 0.493 e. The zero-order chi connectivity index (χ0) is 24.0. The van der Waals surface area contributed by atoms with Gasteiger partial charge in [0.15, 0.2) is 11.5 Å². The first-order chi connectivity index (χ1) is 15.8. The average Bonchev–Trinajstić information content (AvgIpc) is 2.84.